The molecule has 3 fully saturated rings. The first-order chi connectivity index (χ1) is 10.6. The number of carbonyl (C=O) groups is 1. The number of amides is 1. The van der Waals surface area contributed by atoms with Gasteiger partial charge in [0.2, 0.25) is 5.91 Å². The Bertz CT molecular complexity index is 574. The van der Waals surface area contributed by atoms with Crippen LogP contribution in [0.1, 0.15) is 42.1 Å². The maximum absolute atomic E-state index is 12.5. The molecule has 1 amide bonds. The molecule has 2 heterocycles. The molecule has 5 nitrogen and oxygen atoms in total. The molecule has 1 aliphatic heterocycles. The predicted octanol–water partition coefficient (Wildman–Crippen LogP) is 2.07. The molecule has 0 aromatic carbocycles. The molecule has 2 saturated carbocycles. The smallest absolute Gasteiger partial charge is 0.226 e. The van der Waals surface area contributed by atoms with E-state index in [1.807, 2.05) is 18.9 Å². The van der Waals surface area contributed by atoms with Crippen molar-refractivity contribution >= 4 is 17.2 Å². The third-order valence-electron chi connectivity index (χ3n) is 5.71. The van der Waals surface area contributed by atoms with Crippen molar-refractivity contribution in [3.05, 3.63) is 10.0 Å². The summed E-state index contributed by atoms with van der Waals surface area (Å²) >= 11 is 1.69. The minimum absolute atomic E-state index is 0.309. The van der Waals surface area contributed by atoms with E-state index in [9.17, 15) is 4.79 Å². The number of carbonyl (C=O) groups excluding carboxylic acids is 1. The number of nitrogens with zero attached hydrogens (tertiary/aromatic N) is 4. The van der Waals surface area contributed by atoms with Gasteiger partial charge in [-0.2, -0.15) is 0 Å². The Kier molecular flexibility index (Phi) is 3.49. The quantitative estimate of drug-likeness (QED) is 0.852. The van der Waals surface area contributed by atoms with Crippen molar-refractivity contribution in [2.24, 2.45) is 11.3 Å². The zero-order valence-corrected chi connectivity index (χ0v) is 14.2. The lowest BCUT2D eigenvalue weighted by atomic mass is 9.90. The Labute approximate surface area is 135 Å². The molecule has 6 heteroatoms. The summed E-state index contributed by atoms with van der Waals surface area (Å²) in [4.78, 5) is 17.0. The molecule has 0 N–H and O–H groups in total. The van der Waals surface area contributed by atoms with Crippen LogP contribution in [0.5, 0.6) is 0 Å². The molecule has 1 atom stereocenters. The molecule has 0 bridgehead atoms. The number of aromatic nitrogens is 2. The van der Waals surface area contributed by atoms with Crippen molar-refractivity contribution in [2.45, 2.75) is 51.6 Å². The zero-order valence-electron chi connectivity index (χ0n) is 13.4. The van der Waals surface area contributed by atoms with Crippen LogP contribution in [0.15, 0.2) is 0 Å². The molecular formula is C16H24N4OS. The summed E-state index contributed by atoms with van der Waals surface area (Å²) < 4.78 is 0. The Morgan fingerprint density at radius 1 is 1.36 bits per heavy atom. The van der Waals surface area contributed by atoms with E-state index in [0.717, 1.165) is 36.1 Å². The van der Waals surface area contributed by atoms with Crippen LogP contribution in [-0.4, -0.2) is 52.1 Å². The van der Waals surface area contributed by atoms with Gasteiger partial charge in [0.15, 0.2) is 0 Å². The van der Waals surface area contributed by atoms with Crippen LogP contribution in [0.4, 0.5) is 0 Å². The molecule has 120 valence electrons. The molecule has 2 aliphatic carbocycles. The SMILES string of the molecule is Cc1nnc(CN2CCC3(CC2)CC3C(=O)N(C)C2CC2)s1. The van der Waals surface area contributed by atoms with Gasteiger partial charge < -0.3 is 4.90 Å². The van der Waals surface area contributed by atoms with Crippen molar-refractivity contribution < 1.29 is 4.79 Å². The van der Waals surface area contributed by atoms with E-state index in [1.165, 1.54) is 25.7 Å². The zero-order chi connectivity index (χ0) is 15.3. The van der Waals surface area contributed by atoms with Gasteiger partial charge in [0, 0.05) is 19.0 Å². The molecule has 0 radical (unpaired) electrons. The van der Waals surface area contributed by atoms with Crippen LogP contribution < -0.4 is 0 Å². The second-order valence-electron chi connectivity index (χ2n) is 7.29. The fourth-order valence-electron chi connectivity index (χ4n) is 3.89. The van der Waals surface area contributed by atoms with Crippen molar-refractivity contribution in [1.29, 1.82) is 0 Å². The fourth-order valence-corrected chi connectivity index (χ4v) is 4.64. The minimum Gasteiger partial charge on any atom is -0.343 e. The lowest BCUT2D eigenvalue weighted by Gasteiger charge is -2.32. The largest absolute Gasteiger partial charge is 0.343 e. The normalized spacial score (nSPS) is 27.1. The summed E-state index contributed by atoms with van der Waals surface area (Å²) in [6.45, 7) is 5.11. The predicted molar refractivity (Wildman–Crippen MR) is 85.5 cm³/mol. The maximum Gasteiger partial charge on any atom is 0.226 e. The highest BCUT2D eigenvalue weighted by Gasteiger charge is 2.59. The third kappa shape index (κ3) is 2.67. The third-order valence-corrected chi connectivity index (χ3v) is 6.53. The molecule has 22 heavy (non-hydrogen) atoms. The summed E-state index contributed by atoms with van der Waals surface area (Å²) in [6.07, 6.45) is 5.86. The first kappa shape index (κ1) is 14.6. The van der Waals surface area contributed by atoms with E-state index in [2.05, 4.69) is 15.1 Å². The van der Waals surface area contributed by atoms with E-state index >= 15 is 0 Å². The molecule has 1 aromatic rings. The number of rotatable bonds is 4. The van der Waals surface area contributed by atoms with Crippen molar-refractivity contribution in [2.75, 3.05) is 20.1 Å². The van der Waals surface area contributed by atoms with Gasteiger partial charge in [0.05, 0.1) is 6.54 Å². The van der Waals surface area contributed by atoms with E-state index in [4.69, 9.17) is 0 Å². The molecule has 4 rings (SSSR count). The Morgan fingerprint density at radius 3 is 2.68 bits per heavy atom. The minimum atomic E-state index is 0.309. The van der Waals surface area contributed by atoms with Crippen LogP contribution in [0, 0.1) is 18.3 Å². The van der Waals surface area contributed by atoms with Crippen LogP contribution in [0.25, 0.3) is 0 Å². The lowest BCUT2D eigenvalue weighted by molar-refractivity contribution is -0.132. The summed E-state index contributed by atoms with van der Waals surface area (Å²) in [6, 6.07) is 0.547. The van der Waals surface area contributed by atoms with Gasteiger partial charge in [-0.15, -0.1) is 21.5 Å². The van der Waals surface area contributed by atoms with Gasteiger partial charge >= 0.3 is 0 Å². The van der Waals surface area contributed by atoms with E-state index in [0.29, 0.717) is 23.3 Å². The van der Waals surface area contributed by atoms with Gasteiger partial charge in [-0.1, -0.05) is 0 Å². The van der Waals surface area contributed by atoms with Gasteiger partial charge in [-0.25, -0.2) is 0 Å². The maximum atomic E-state index is 12.5. The molecule has 3 aliphatic rings. The average molecular weight is 320 g/mol. The number of hydrogen-bond donors (Lipinski definition) is 0. The summed E-state index contributed by atoms with van der Waals surface area (Å²) in [5.74, 6) is 0.722. The average Bonchev–Trinajstić information content (AvgIpc) is 3.42. The number of hydrogen-bond acceptors (Lipinski definition) is 5. The van der Waals surface area contributed by atoms with Gasteiger partial charge in [-0.05, 0) is 57.5 Å². The van der Waals surface area contributed by atoms with Crippen LogP contribution in [0.3, 0.4) is 0 Å². The summed E-state index contributed by atoms with van der Waals surface area (Å²) in [5, 5.41) is 10.5. The Hall–Kier alpha value is -1.01. The van der Waals surface area contributed by atoms with Crippen molar-refractivity contribution in [3.63, 3.8) is 0 Å². The molecule has 1 spiro atoms. The molecular weight excluding hydrogens is 296 g/mol. The van der Waals surface area contributed by atoms with Crippen molar-refractivity contribution in [1.82, 2.24) is 20.0 Å². The topological polar surface area (TPSA) is 49.3 Å². The Morgan fingerprint density at radius 2 is 2.09 bits per heavy atom. The summed E-state index contributed by atoms with van der Waals surface area (Å²) in [7, 11) is 2.00. The van der Waals surface area contributed by atoms with Crippen LogP contribution in [-0.2, 0) is 11.3 Å². The monoisotopic (exact) mass is 320 g/mol. The fraction of sp³-hybridized carbons (Fsp3) is 0.812. The van der Waals surface area contributed by atoms with E-state index in [-0.39, 0.29) is 0 Å². The molecule has 1 aromatic heterocycles. The van der Waals surface area contributed by atoms with E-state index in [1.54, 1.807) is 11.3 Å². The van der Waals surface area contributed by atoms with E-state index < -0.39 is 0 Å². The first-order valence-electron chi connectivity index (χ1n) is 8.35. The molecule has 1 unspecified atom stereocenters. The first-order valence-corrected chi connectivity index (χ1v) is 9.17. The molecule has 1 saturated heterocycles. The van der Waals surface area contributed by atoms with Gasteiger partial charge in [0.25, 0.3) is 0 Å². The van der Waals surface area contributed by atoms with Crippen LogP contribution in [0.2, 0.25) is 0 Å². The second-order valence-corrected chi connectivity index (χ2v) is 8.56. The van der Waals surface area contributed by atoms with Crippen LogP contribution >= 0.6 is 11.3 Å². The lowest BCUT2D eigenvalue weighted by Crippen LogP contribution is -2.37. The number of likely N-dealkylation sites (tertiary alicyclic amines) is 1. The second kappa shape index (κ2) is 5.27. The number of piperidine rings is 1. The Balaban J connectivity index is 1.30. The standard InChI is InChI=1S/C16H24N4OS/c1-11-17-18-14(22-11)10-20-7-5-16(6-8-20)9-13(16)15(21)19(2)12-3-4-12/h12-13H,3-10H2,1-2H3. The van der Waals surface area contributed by atoms with Gasteiger partial charge in [0.1, 0.15) is 10.0 Å². The highest BCUT2D eigenvalue weighted by Crippen LogP contribution is 2.60. The highest BCUT2D eigenvalue weighted by molar-refractivity contribution is 7.11. The number of aryl methyl sites for hydroxylation is 1. The van der Waals surface area contributed by atoms with Gasteiger partial charge in [-0.3, -0.25) is 9.69 Å². The van der Waals surface area contributed by atoms with Crippen molar-refractivity contribution in [3.8, 4) is 0 Å². The summed E-state index contributed by atoms with van der Waals surface area (Å²) in [5.41, 5.74) is 0.327. The highest BCUT2D eigenvalue weighted by atomic mass is 32.1.